The molecule has 0 atom stereocenters. The summed E-state index contributed by atoms with van der Waals surface area (Å²) < 4.78 is 0. The van der Waals surface area contributed by atoms with Crippen molar-refractivity contribution in [3.05, 3.63) is 144 Å². The molecule has 0 fully saturated rings. The molecule has 5 aromatic rings. The molecule has 0 spiro atoms. The number of phenolic OH excluding ortho intramolecular Hbond substituents is 2. The van der Waals surface area contributed by atoms with E-state index in [9.17, 15) is 10.2 Å². The van der Waals surface area contributed by atoms with Crippen molar-refractivity contribution >= 4 is 0 Å². The maximum atomic E-state index is 11.4. The molecule has 0 aliphatic heterocycles. The molecule has 5 rings (SSSR count). The molecule has 0 saturated heterocycles. The van der Waals surface area contributed by atoms with Crippen LogP contribution in [0.3, 0.4) is 0 Å². The topological polar surface area (TPSA) is 98.5 Å². The largest absolute Gasteiger partial charge is 0.508 e. The van der Waals surface area contributed by atoms with Gasteiger partial charge in [-0.3, -0.25) is 29.7 Å². The summed E-state index contributed by atoms with van der Waals surface area (Å²) in [5.41, 5.74) is 4.92. The van der Waals surface area contributed by atoms with Gasteiger partial charge in [0, 0.05) is 75.2 Å². The lowest BCUT2D eigenvalue weighted by atomic mass is 10.1. The second-order valence-corrected chi connectivity index (χ2v) is 9.69. The first kappa shape index (κ1) is 26.9. The Bertz CT molecular complexity index is 1280. The Kier molecular flexibility index (Phi) is 9.03. The standard InChI is InChI=1S/C32H32N6O2/c39-31-17-25(19-37(21-27-9-1-5-13-33-27)22-28-10-2-6-14-34-28)32(40)26(18-31)20-38(23-29-11-3-7-15-35-29)24-30-12-4-8-16-36-30/h1-18,39-40H,19-24H2. The number of pyridine rings is 4. The van der Waals surface area contributed by atoms with E-state index in [1.165, 1.54) is 0 Å². The third-order valence-corrected chi connectivity index (χ3v) is 6.49. The van der Waals surface area contributed by atoms with E-state index >= 15 is 0 Å². The number of aromatic hydroxyl groups is 2. The zero-order valence-electron chi connectivity index (χ0n) is 22.2. The first-order valence-corrected chi connectivity index (χ1v) is 13.2. The maximum absolute atomic E-state index is 11.4. The third-order valence-electron chi connectivity index (χ3n) is 6.49. The van der Waals surface area contributed by atoms with Crippen LogP contribution in [0.25, 0.3) is 0 Å². The van der Waals surface area contributed by atoms with Crippen molar-refractivity contribution in [2.45, 2.75) is 39.3 Å². The van der Waals surface area contributed by atoms with Crippen molar-refractivity contribution in [3.8, 4) is 11.5 Å². The van der Waals surface area contributed by atoms with E-state index in [4.69, 9.17) is 0 Å². The minimum absolute atomic E-state index is 0.106. The molecule has 0 radical (unpaired) electrons. The first-order valence-electron chi connectivity index (χ1n) is 13.2. The molecule has 8 heteroatoms. The van der Waals surface area contributed by atoms with Crippen LogP contribution >= 0.6 is 0 Å². The lowest BCUT2D eigenvalue weighted by Gasteiger charge is -2.25. The summed E-state index contributed by atoms with van der Waals surface area (Å²) in [4.78, 5) is 22.3. The van der Waals surface area contributed by atoms with E-state index in [1.807, 2.05) is 72.8 Å². The molecule has 0 bridgehead atoms. The summed E-state index contributed by atoms with van der Waals surface area (Å²) in [7, 11) is 0. The Labute approximate surface area is 234 Å². The van der Waals surface area contributed by atoms with Crippen molar-refractivity contribution in [3.63, 3.8) is 0 Å². The Morgan fingerprint density at radius 2 is 0.775 bits per heavy atom. The fourth-order valence-electron chi connectivity index (χ4n) is 4.68. The van der Waals surface area contributed by atoms with Gasteiger partial charge in [-0.1, -0.05) is 24.3 Å². The molecule has 40 heavy (non-hydrogen) atoms. The summed E-state index contributed by atoms with van der Waals surface area (Å²) >= 11 is 0. The van der Waals surface area contributed by atoms with Gasteiger partial charge in [0.2, 0.25) is 0 Å². The van der Waals surface area contributed by atoms with Crippen LogP contribution in [0.2, 0.25) is 0 Å². The average Bonchev–Trinajstić information content (AvgIpc) is 2.97. The predicted molar refractivity (Wildman–Crippen MR) is 153 cm³/mol. The number of nitrogens with zero attached hydrogens (tertiary/aromatic N) is 6. The van der Waals surface area contributed by atoms with Crippen LogP contribution in [0.4, 0.5) is 0 Å². The maximum Gasteiger partial charge on any atom is 0.124 e. The number of benzene rings is 1. The fourth-order valence-corrected chi connectivity index (χ4v) is 4.68. The Hall–Kier alpha value is -4.66. The van der Waals surface area contributed by atoms with Gasteiger partial charge in [0.15, 0.2) is 0 Å². The highest BCUT2D eigenvalue weighted by atomic mass is 16.3. The number of hydrogen-bond acceptors (Lipinski definition) is 8. The molecule has 0 aliphatic rings. The van der Waals surface area contributed by atoms with Crippen molar-refractivity contribution in [1.29, 1.82) is 0 Å². The van der Waals surface area contributed by atoms with Crippen LogP contribution in [-0.2, 0) is 39.3 Å². The van der Waals surface area contributed by atoms with E-state index in [2.05, 4.69) is 29.7 Å². The lowest BCUT2D eigenvalue weighted by Crippen LogP contribution is -2.25. The van der Waals surface area contributed by atoms with Gasteiger partial charge in [0.1, 0.15) is 11.5 Å². The van der Waals surface area contributed by atoms with Crippen LogP contribution in [0.1, 0.15) is 33.9 Å². The molecule has 2 N–H and O–H groups in total. The van der Waals surface area contributed by atoms with Crippen molar-refractivity contribution < 1.29 is 10.2 Å². The molecular formula is C32H32N6O2. The number of aromatic nitrogens is 4. The van der Waals surface area contributed by atoms with Crippen molar-refractivity contribution in [2.75, 3.05) is 0 Å². The first-order chi connectivity index (χ1) is 19.6. The second kappa shape index (κ2) is 13.4. The summed E-state index contributed by atoms with van der Waals surface area (Å²) in [6, 6.07) is 26.6. The normalized spacial score (nSPS) is 11.2. The van der Waals surface area contributed by atoms with Gasteiger partial charge in [-0.2, -0.15) is 0 Å². The zero-order chi connectivity index (χ0) is 27.6. The molecule has 4 aromatic heterocycles. The Morgan fingerprint density at radius 3 is 1.05 bits per heavy atom. The highest BCUT2D eigenvalue weighted by Gasteiger charge is 2.18. The van der Waals surface area contributed by atoms with Crippen LogP contribution < -0.4 is 0 Å². The van der Waals surface area contributed by atoms with Gasteiger partial charge < -0.3 is 10.2 Å². The molecule has 1 aromatic carbocycles. The molecular weight excluding hydrogens is 500 g/mol. The minimum atomic E-state index is 0.106. The summed E-state index contributed by atoms with van der Waals surface area (Å²) in [6.45, 7) is 3.06. The highest BCUT2D eigenvalue weighted by Crippen LogP contribution is 2.31. The lowest BCUT2D eigenvalue weighted by molar-refractivity contribution is 0.231. The number of phenols is 2. The number of rotatable bonds is 12. The average molecular weight is 533 g/mol. The SMILES string of the molecule is Oc1cc(CN(Cc2ccccn2)Cc2ccccn2)c(O)c(CN(Cc2ccccn2)Cc2ccccn2)c1. The predicted octanol–water partition coefficient (Wildman–Crippen LogP) is 5.08. The molecule has 202 valence electrons. The van der Waals surface area contributed by atoms with Crippen LogP contribution in [0, 0.1) is 0 Å². The van der Waals surface area contributed by atoms with Gasteiger partial charge in [0.05, 0.1) is 22.8 Å². The molecule has 0 saturated carbocycles. The smallest absolute Gasteiger partial charge is 0.124 e. The quantitative estimate of drug-likeness (QED) is 0.215. The molecule has 0 amide bonds. The van der Waals surface area contributed by atoms with E-state index < -0.39 is 0 Å². The Morgan fingerprint density at radius 1 is 0.450 bits per heavy atom. The van der Waals surface area contributed by atoms with Gasteiger partial charge in [-0.05, 0) is 60.7 Å². The van der Waals surface area contributed by atoms with Crippen molar-refractivity contribution in [2.24, 2.45) is 0 Å². The molecule has 0 aliphatic carbocycles. The van der Waals surface area contributed by atoms with E-state index in [0.717, 1.165) is 22.8 Å². The van der Waals surface area contributed by atoms with Crippen molar-refractivity contribution in [1.82, 2.24) is 29.7 Å². The summed E-state index contributed by atoms with van der Waals surface area (Å²) in [5, 5.41) is 22.2. The van der Waals surface area contributed by atoms with Crippen LogP contribution in [-0.4, -0.2) is 39.9 Å². The van der Waals surface area contributed by atoms with E-state index in [0.29, 0.717) is 50.4 Å². The molecule has 8 nitrogen and oxygen atoms in total. The second-order valence-electron chi connectivity index (χ2n) is 9.69. The number of hydrogen-bond donors (Lipinski definition) is 2. The Balaban J connectivity index is 1.40. The van der Waals surface area contributed by atoms with Gasteiger partial charge in [-0.15, -0.1) is 0 Å². The van der Waals surface area contributed by atoms with Gasteiger partial charge >= 0.3 is 0 Å². The zero-order valence-corrected chi connectivity index (χ0v) is 22.2. The summed E-state index contributed by atoms with van der Waals surface area (Å²) in [5.74, 6) is 0.269. The minimum Gasteiger partial charge on any atom is -0.508 e. The summed E-state index contributed by atoms with van der Waals surface area (Å²) in [6.07, 6.45) is 7.10. The highest BCUT2D eigenvalue weighted by molar-refractivity contribution is 5.46. The third kappa shape index (κ3) is 7.69. The van der Waals surface area contributed by atoms with E-state index in [1.54, 1.807) is 36.9 Å². The molecule has 0 unspecified atom stereocenters. The fraction of sp³-hybridized carbons (Fsp3) is 0.188. The van der Waals surface area contributed by atoms with Crippen LogP contribution in [0.5, 0.6) is 11.5 Å². The van der Waals surface area contributed by atoms with E-state index in [-0.39, 0.29) is 11.5 Å². The van der Waals surface area contributed by atoms with Gasteiger partial charge in [0.25, 0.3) is 0 Å². The van der Waals surface area contributed by atoms with Crippen LogP contribution in [0.15, 0.2) is 110 Å². The molecule has 4 heterocycles. The van der Waals surface area contributed by atoms with Gasteiger partial charge in [-0.25, -0.2) is 0 Å². The monoisotopic (exact) mass is 532 g/mol.